The molecule has 108 valence electrons. The second kappa shape index (κ2) is 6.41. The first kappa shape index (κ1) is 15.1. The van der Waals surface area contributed by atoms with Crippen molar-refractivity contribution in [2.24, 2.45) is 0 Å². The van der Waals surface area contributed by atoms with Crippen LogP contribution in [0.2, 0.25) is 0 Å². The van der Waals surface area contributed by atoms with Gasteiger partial charge in [-0.2, -0.15) is 0 Å². The highest BCUT2D eigenvalue weighted by atomic mass is 79.9. The van der Waals surface area contributed by atoms with E-state index in [2.05, 4.69) is 21.2 Å². The van der Waals surface area contributed by atoms with Gasteiger partial charge in [-0.15, -0.1) is 0 Å². The van der Waals surface area contributed by atoms with Gasteiger partial charge in [-0.05, 0) is 30.3 Å². The van der Waals surface area contributed by atoms with Gasteiger partial charge in [0, 0.05) is 22.9 Å². The summed E-state index contributed by atoms with van der Waals surface area (Å²) in [5.41, 5.74) is 1.25. The number of hydrogen-bond acceptors (Lipinski definition) is 2. The minimum Gasteiger partial charge on any atom is -0.478 e. The lowest BCUT2D eigenvalue weighted by Crippen LogP contribution is -2.31. The monoisotopic (exact) mass is 348 g/mol. The SMILES string of the molecule is CN(C(=O)Nc1cc(Br)cc(C(=O)O)c1)c1ccccc1. The first-order valence-electron chi connectivity index (χ1n) is 6.11. The van der Waals surface area contributed by atoms with E-state index < -0.39 is 5.97 Å². The maximum absolute atomic E-state index is 12.2. The Balaban J connectivity index is 2.18. The number of urea groups is 1. The first-order valence-corrected chi connectivity index (χ1v) is 6.90. The lowest BCUT2D eigenvalue weighted by molar-refractivity contribution is 0.0697. The topological polar surface area (TPSA) is 69.6 Å². The van der Waals surface area contributed by atoms with Crippen molar-refractivity contribution in [2.75, 3.05) is 17.3 Å². The van der Waals surface area contributed by atoms with Gasteiger partial charge in [0.2, 0.25) is 0 Å². The van der Waals surface area contributed by atoms with Crippen molar-refractivity contribution in [1.82, 2.24) is 0 Å². The molecule has 2 rings (SSSR count). The predicted octanol–water partition coefficient (Wildman–Crippen LogP) is 3.82. The van der Waals surface area contributed by atoms with Gasteiger partial charge in [-0.25, -0.2) is 9.59 Å². The van der Waals surface area contributed by atoms with Crippen LogP contribution >= 0.6 is 15.9 Å². The Morgan fingerprint density at radius 1 is 1.14 bits per heavy atom. The fourth-order valence-corrected chi connectivity index (χ4v) is 2.25. The zero-order valence-electron chi connectivity index (χ0n) is 11.2. The number of carbonyl (C=O) groups is 2. The smallest absolute Gasteiger partial charge is 0.335 e. The summed E-state index contributed by atoms with van der Waals surface area (Å²) in [7, 11) is 1.64. The number of carboxylic acid groups (broad SMARTS) is 1. The summed E-state index contributed by atoms with van der Waals surface area (Å²) in [5, 5.41) is 11.7. The van der Waals surface area contributed by atoms with Crippen LogP contribution in [0, 0.1) is 0 Å². The van der Waals surface area contributed by atoms with Crippen LogP contribution in [0.4, 0.5) is 16.2 Å². The number of para-hydroxylation sites is 1. The number of hydrogen-bond donors (Lipinski definition) is 2. The lowest BCUT2D eigenvalue weighted by atomic mass is 10.2. The molecule has 0 aliphatic heterocycles. The number of nitrogens with zero attached hydrogens (tertiary/aromatic N) is 1. The molecule has 0 atom stereocenters. The zero-order valence-corrected chi connectivity index (χ0v) is 12.8. The van der Waals surface area contributed by atoms with Crippen LogP contribution in [0.1, 0.15) is 10.4 Å². The highest BCUT2D eigenvalue weighted by Gasteiger charge is 2.12. The molecule has 2 aromatic carbocycles. The Kier molecular flexibility index (Phi) is 4.59. The number of aromatic carboxylic acids is 1. The van der Waals surface area contributed by atoms with Crippen molar-refractivity contribution in [1.29, 1.82) is 0 Å². The lowest BCUT2D eigenvalue weighted by Gasteiger charge is -2.18. The molecule has 0 saturated heterocycles. The molecule has 0 aromatic heterocycles. The van der Waals surface area contributed by atoms with E-state index in [4.69, 9.17) is 5.11 Å². The third kappa shape index (κ3) is 3.82. The normalized spacial score (nSPS) is 10.0. The van der Waals surface area contributed by atoms with Crippen LogP contribution < -0.4 is 10.2 Å². The van der Waals surface area contributed by atoms with Crippen molar-refractivity contribution >= 4 is 39.3 Å². The van der Waals surface area contributed by atoms with Crippen LogP contribution in [0.3, 0.4) is 0 Å². The quantitative estimate of drug-likeness (QED) is 0.885. The number of carbonyl (C=O) groups excluding carboxylic acids is 1. The minimum atomic E-state index is -1.05. The number of nitrogens with one attached hydrogen (secondary N) is 1. The molecule has 2 aromatic rings. The highest BCUT2D eigenvalue weighted by Crippen LogP contribution is 2.21. The predicted molar refractivity (Wildman–Crippen MR) is 85.0 cm³/mol. The molecule has 5 nitrogen and oxygen atoms in total. The van der Waals surface area contributed by atoms with E-state index in [0.717, 1.165) is 5.69 Å². The summed E-state index contributed by atoms with van der Waals surface area (Å²) in [6.45, 7) is 0. The van der Waals surface area contributed by atoms with Crippen molar-refractivity contribution in [3.63, 3.8) is 0 Å². The Hall–Kier alpha value is -2.34. The van der Waals surface area contributed by atoms with Crippen molar-refractivity contribution in [2.45, 2.75) is 0 Å². The van der Waals surface area contributed by atoms with Crippen molar-refractivity contribution in [3.8, 4) is 0 Å². The number of carboxylic acids is 1. The molecule has 6 heteroatoms. The summed E-state index contributed by atoms with van der Waals surface area (Å²) in [6.07, 6.45) is 0. The Morgan fingerprint density at radius 2 is 1.81 bits per heavy atom. The molecule has 0 aliphatic rings. The Labute approximate surface area is 130 Å². The van der Waals surface area contributed by atoms with Gasteiger partial charge in [0.05, 0.1) is 5.56 Å². The second-order valence-corrected chi connectivity index (χ2v) is 5.27. The van der Waals surface area contributed by atoms with E-state index >= 15 is 0 Å². The molecule has 0 unspecified atom stereocenters. The molecule has 2 amide bonds. The summed E-state index contributed by atoms with van der Waals surface area (Å²) in [4.78, 5) is 24.6. The first-order chi connectivity index (χ1) is 9.97. The third-order valence-corrected chi connectivity index (χ3v) is 3.30. The van der Waals surface area contributed by atoms with E-state index in [1.807, 2.05) is 30.3 Å². The minimum absolute atomic E-state index is 0.0991. The molecule has 0 saturated carbocycles. The van der Waals surface area contributed by atoms with Gasteiger partial charge >= 0.3 is 12.0 Å². The van der Waals surface area contributed by atoms with Gasteiger partial charge in [-0.1, -0.05) is 34.1 Å². The number of amides is 2. The number of benzene rings is 2. The van der Waals surface area contributed by atoms with Gasteiger partial charge < -0.3 is 10.4 Å². The highest BCUT2D eigenvalue weighted by molar-refractivity contribution is 9.10. The fourth-order valence-electron chi connectivity index (χ4n) is 1.76. The molecule has 0 aliphatic carbocycles. The Morgan fingerprint density at radius 3 is 2.43 bits per heavy atom. The van der Waals surface area contributed by atoms with Crippen LogP contribution in [-0.2, 0) is 0 Å². The number of halogens is 1. The zero-order chi connectivity index (χ0) is 15.4. The van der Waals surface area contributed by atoms with Crippen molar-refractivity contribution in [3.05, 3.63) is 58.6 Å². The maximum Gasteiger partial charge on any atom is 0.335 e. The largest absolute Gasteiger partial charge is 0.478 e. The fraction of sp³-hybridized carbons (Fsp3) is 0.0667. The Bertz CT molecular complexity index is 674. The van der Waals surface area contributed by atoms with E-state index in [-0.39, 0.29) is 11.6 Å². The molecule has 0 heterocycles. The van der Waals surface area contributed by atoms with Gasteiger partial charge in [0.25, 0.3) is 0 Å². The molecular weight excluding hydrogens is 336 g/mol. The summed E-state index contributed by atoms with van der Waals surface area (Å²) in [6, 6.07) is 13.3. The molecule has 0 bridgehead atoms. The average molecular weight is 349 g/mol. The standard InChI is InChI=1S/C15H13BrN2O3/c1-18(13-5-3-2-4-6-13)15(21)17-12-8-10(14(19)20)7-11(16)9-12/h2-9H,1H3,(H,17,21)(H,19,20). The van der Waals surface area contributed by atoms with Crippen LogP contribution in [-0.4, -0.2) is 24.2 Å². The summed E-state index contributed by atoms with van der Waals surface area (Å²) < 4.78 is 0.583. The van der Waals surface area contributed by atoms with E-state index in [1.54, 1.807) is 13.1 Å². The van der Waals surface area contributed by atoms with E-state index in [0.29, 0.717) is 10.2 Å². The second-order valence-electron chi connectivity index (χ2n) is 4.36. The van der Waals surface area contributed by atoms with Gasteiger partial charge in [-0.3, -0.25) is 4.90 Å². The van der Waals surface area contributed by atoms with Gasteiger partial charge in [0.15, 0.2) is 0 Å². The van der Waals surface area contributed by atoms with Crippen LogP contribution in [0.25, 0.3) is 0 Å². The summed E-state index contributed by atoms with van der Waals surface area (Å²) in [5.74, 6) is -1.05. The third-order valence-electron chi connectivity index (χ3n) is 2.84. The maximum atomic E-state index is 12.2. The molecule has 0 spiro atoms. The molecule has 2 N–H and O–H groups in total. The van der Waals surface area contributed by atoms with Crippen LogP contribution in [0.5, 0.6) is 0 Å². The number of rotatable bonds is 3. The molecular formula is C15H13BrN2O3. The molecule has 0 fully saturated rings. The van der Waals surface area contributed by atoms with E-state index in [9.17, 15) is 9.59 Å². The van der Waals surface area contributed by atoms with E-state index in [1.165, 1.54) is 17.0 Å². The average Bonchev–Trinajstić information content (AvgIpc) is 2.46. The summed E-state index contributed by atoms with van der Waals surface area (Å²) >= 11 is 3.22. The molecule has 21 heavy (non-hydrogen) atoms. The van der Waals surface area contributed by atoms with Crippen LogP contribution in [0.15, 0.2) is 53.0 Å². The van der Waals surface area contributed by atoms with Crippen molar-refractivity contribution < 1.29 is 14.7 Å². The van der Waals surface area contributed by atoms with Gasteiger partial charge in [0.1, 0.15) is 0 Å². The number of anilines is 2. The molecule has 0 radical (unpaired) electrons.